The Morgan fingerprint density at radius 3 is 2.58 bits per heavy atom. The van der Waals surface area contributed by atoms with Crippen molar-refractivity contribution in [1.29, 1.82) is 0 Å². The van der Waals surface area contributed by atoms with Crippen LogP contribution in [0.25, 0.3) is 11.2 Å². The second kappa shape index (κ2) is 10.4. The summed E-state index contributed by atoms with van der Waals surface area (Å²) in [4.78, 5) is 52.5. The van der Waals surface area contributed by atoms with E-state index in [1.807, 2.05) is 0 Å². The Labute approximate surface area is 217 Å². The Kier molecular flexibility index (Phi) is 7.29. The number of rotatable bonds is 8. The molecule has 5 heterocycles. The van der Waals surface area contributed by atoms with Crippen LogP contribution >= 0.6 is 6.72 Å². The first-order chi connectivity index (χ1) is 18.0. The van der Waals surface area contributed by atoms with Crippen molar-refractivity contribution < 1.29 is 33.6 Å². The van der Waals surface area contributed by atoms with E-state index < -0.39 is 61.4 Å². The van der Waals surface area contributed by atoms with E-state index in [0.29, 0.717) is 0 Å². The van der Waals surface area contributed by atoms with Crippen molar-refractivity contribution in [2.45, 2.75) is 49.7 Å². The van der Waals surface area contributed by atoms with E-state index in [2.05, 4.69) is 24.9 Å². The lowest BCUT2D eigenvalue weighted by Gasteiger charge is -2.24. The first-order valence-electron chi connectivity index (χ1n) is 11.2. The number of ether oxygens (including phenoxy) is 2. The van der Waals surface area contributed by atoms with Crippen molar-refractivity contribution in [3.8, 4) is 0 Å². The second-order valence-electron chi connectivity index (χ2n) is 8.57. The van der Waals surface area contributed by atoms with Gasteiger partial charge in [-0.2, -0.15) is 9.97 Å². The van der Waals surface area contributed by atoms with Gasteiger partial charge in [-0.1, -0.05) is 0 Å². The molecule has 0 saturated carbocycles. The quantitative estimate of drug-likeness (QED) is 0.152. The van der Waals surface area contributed by atoms with Gasteiger partial charge in [0.25, 0.3) is 5.56 Å². The molecule has 0 bridgehead atoms. The SMILES string of the molecule is Nc1ncn([C@H]2C[C@H](OP(O)(=S)OC[C@H]3O[C@@H](n4cnc5c(=O)[nH]c(N)nc54)C[C@@H]3O)[C@@H](CO)O2)c(=O)n1. The summed E-state index contributed by atoms with van der Waals surface area (Å²) in [5.41, 5.74) is 10.0. The molecule has 7 atom stereocenters. The molecule has 8 N–H and O–H groups in total. The third kappa shape index (κ3) is 5.33. The Morgan fingerprint density at radius 2 is 1.84 bits per heavy atom. The summed E-state index contributed by atoms with van der Waals surface area (Å²) in [6, 6.07) is 0. The van der Waals surface area contributed by atoms with Crippen molar-refractivity contribution in [2.75, 3.05) is 24.7 Å². The lowest BCUT2D eigenvalue weighted by molar-refractivity contribution is -0.0521. The van der Waals surface area contributed by atoms with Gasteiger partial charge >= 0.3 is 12.4 Å². The van der Waals surface area contributed by atoms with Crippen LogP contribution in [0.2, 0.25) is 0 Å². The molecule has 38 heavy (non-hydrogen) atoms. The molecule has 0 aliphatic carbocycles. The maximum absolute atomic E-state index is 12.1. The van der Waals surface area contributed by atoms with E-state index in [9.17, 15) is 24.7 Å². The Morgan fingerprint density at radius 1 is 1.13 bits per heavy atom. The van der Waals surface area contributed by atoms with Crippen LogP contribution in [0.4, 0.5) is 11.9 Å². The number of nitrogens with two attached hydrogens (primary N) is 2. The van der Waals surface area contributed by atoms with Crippen LogP contribution in [0.1, 0.15) is 25.3 Å². The van der Waals surface area contributed by atoms with Gasteiger partial charge in [0.15, 0.2) is 11.2 Å². The molecule has 0 aromatic carbocycles. The first-order valence-corrected chi connectivity index (χ1v) is 13.8. The van der Waals surface area contributed by atoms with E-state index in [1.54, 1.807) is 0 Å². The number of nitrogen functional groups attached to an aromatic ring is 2. The molecular formula is C18H24N9O9PS. The van der Waals surface area contributed by atoms with Gasteiger partial charge in [-0.15, -0.1) is 0 Å². The molecule has 2 fully saturated rings. The fourth-order valence-corrected chi connectivity index (χ4v) is 5.73. The predicted octanol–water partition coefficient (Wildman–Crippen LogP) is -2.52. The largest absolute Gasteiger partial charge is 0.394 e. The molecule has 5 rings (SSSR count). The van der Waals surface area contributed by atoms with Gasteiger partial charge in [-0.3, -0.25) is 18.9 Å². The lowest BCUT2D eigenvalue weighted by atomic mass is 10.2. The summed E-state index contributed by atoms with van der Waals surface area (Å²) in [6.45, 7) is -4.75. The molecule has 0 radical (unpaired) electrons. The third-order valence-electron chi connectivity index (χ3n) is 6.05. The molecule has 206 valence electrons. The van der Waals surface area contributed by atoms with Gasteiger partial charge in [-0.05, 0) is 11.8 Å². The van der Waals surface area contributed by atoms with Crippen LogP contribution in [0.3, 0.4) is 0 Å². The summed E-state index contributed by atoms with van der Waals surface area (Å²) < 4.78 is 25.0. The lowest BCUT2D eigenvalue weighted by Crippen LogP contribution is -2.29. The highest BCUT2D eigenvalue weighted by Gasteiger charge is 2.42. The van der Waals surface area contributed by atoms with Crippen molar-refractivity contribution in [3.63, 3.8) is 0 Å². The zero-order valence-corrected chi connectivity index (χ0v) is 21.1. The number of imidazole rings is 1. The van der Waals surface area contributed by atoms with E-state index in [4.69, 9.17) is 41.8 Å². The number of aliphatic hydroxyl groups is 2. The van der Waals surface area contributed by atoms with Crippen molar-refractivity contribution in [3.05, 3.63) is 33.5 Å². The van der Waals surface area contributed by atoms with Gasteiger partial charge in [0, 0.05) is 12.8 Å². The molecule has 20 heteroatoms. The molecule has 0 amide bonds. The maximum Gasteiger partial charge on any atom is 0.354 e. The van der Waals surface area contributed by atoms with Crippen LogP contribution in [0.5, 0.6) is 0 Å². The zero-order chi connectivity index (χ0) is 27.2. The van der Waals surface area contributed by atoms with Crippen LogP contribution < -0.4 is 22.7 Å². The molecule has 2 aliphatic heterocycles. The number of aliphatic hydroxyl groups excluding tert-OH is 2. The van der Waals surface area contributed by atoms with Crippen LogP contribution in [0.15, 0.2) is 22.2 Å². The maximum atomic E-state index is 12.1. The average Bonchev–Trinajstić information content (AvgIpc) is 3.54. The number of H-pyrrole nitrogens is 1. The fourth-order valence-electron chi connectivity index (χ4n) is 4.26. The summed E-state index contributed by atoms with van der Waals surface area (Å²) in [7, 11) is 0. The van der Waals surface area contributed by atoms with Gasteiger partial charge in [-0.25, -0.2) is 14.8 Å². The van der Waals surface area contributed by atoms with Crippen molar-refractivity contribution in [2.24, 2.45) is 0 Å². The summed E-state index contributed by atoms with van der Waals surface area (Å²) in [5, 5.41) is 20.2. The first kappa shape index (κ1) is 26.7. The van der Waals surface area contributed by atoms with Crippen LogP contribution in [-0.4, -0.2) is 86.8 Å². The Bertz CT molecular complexity index is 1500. The van der Waals surface area contributed by atoms with E-state index in [1.165, 1.54) is 10.9 Å². The van der Waals surface area contributed by atoms with E-state index in [0.717, 1.165) is 10.9 Å². The number of fused-ring (bicyclic) bond motifs is 1. The molecule has 2 saturated heterocycles. The highest BCUT2D eigenvalue weighted by Crippen LogP contribution is 2.49. The summed E-state index contributed by atoms with van der Waals surface area (Å²) in [5.74, 6) is -0.308. The fraction of sp³-hybridized carbons (Fsp3) is 0.556. The van der Waals surface area contributed by atoms with Gasteiger partial charge < -0.3 is 45.1 Å². The Balaban J connectivity index is 1.22. The smallest absolute Gasteiger partial charge is 0.354 e. The zero-order valence-electron chi connectivity index (χ0n) is 19.4. The van der Waals surface area contributed by atoms with E-state index >= 15 is 0 Å². The van der Waals surface area contributed by atoms with Gasteiger partial charge in [0.2, 0.25) is 11.9 Å². The van der Waals surface area contributed by atoms with Crippen LogP contribution in [-0.2, 0) is 30.3 Å². The molecular weight excluding hydrogens is 549 g/mol. The highest BCUT2D eigenvalue weighted by molar-refractivity contribution is 8.07. The summed E-state index contributed by atoms with van der Waals surface area (Å²) in [6.07, 6.45) is -2.84. The summed E-state index contributed by atoms with van der Waals surface area (Å²) >= 11 is 5.11. The molecule has 0 spiro atoms. The number of nitrogens with zero attached hydrogens (tertiary/aromatic N) is 6. The average molecular weight is 573 g/mol. The monoisotopic (exact) mass is 573 g/mol. The highest BCUT2D eigenvalue weighted by atomic mass is 32.5. The van der Waals surface area contributed by atoms with Gasteiger partial charge in [0.05, 0.1) is 31.7 Å². The predicted molar refractivity (Wildman–Crippen MR) is 131 cm³/mol. The molecule has 3 aromatic heterocycles. The third-order valence-corrected chi connectivity index (χ3v) is 7.64. The molecule has 1 unspecified atom stereocenters. The normalized spacial score (nSPS) is 29.1. The minimum absolute atomic E-state index is 0.0221. The minimum atomic E-state index is -3.92. The van der Waals surface area contributed by atoms with E-state index in [-0.39, 0.29) is 42.5 Å². The number of nitrogens with one attached hydrogen (secondary N) is 1. The van der Waals surface area contributed by atoms with Crippen molar-refractivity contribution >= 4 is 41.6 Å². The number of hydrogen-bond donors (Lipinski definition) is 6. The molecule has 18 nitrogen and oxygen atoms in total. The number of aromatic amines is 1. The minimum Gasteiger partial charge on any atom is -0.394 e. The standard InChI is InChI=1S/C18H24N9O9PS/c19-16-22-6-27(18(31)25-16)12-2-8(9(3-28)34-12)36-37(32,38)33-4-10-7(29)1-11(35-10)26-5-21-13-14(26)23-17(20)24-15(13)30/h5-12,28-29H,1-4H2,(H,32,38)(H2,19,25,31)(H3,20,23,24,30)/t7-,8-,9+,10+,11+,12+,37?/m0/s1. The molecule has 3 aromatic rings. The molecule has 2 aliphatic rings. The van der Waals surface area contributed by atoms with Gasteiger partial charge in [0.1, 0.15) is 31.0 Å². The van der Waals surface area contributed by atoms with Crippen molar-refractivity contribution in [1.82, 2.24) is 34.1 Å². The number of hydrogen-bond acceptors (Lipinski definition) is 15. The number of aromatic nitrogens is 7. The van der Waals surface area contributed by atoms with Crippen LogP contribution in [0, 0.1) is 0 Å². The number of anilines is 2. The Hall–Kier alpha value is -2.87. The topological polar surface area (TPSA) is 261 Å². The second-order valence-corrected chi connectivity index (χ2v) is 11.4.